The highest BCUT2D eigenvalue weighted by molar-refractivity contribution is 7.99. The van der Waals surface area contributed by atoms with E-state index >= 15 is 0 Å². The van der Waals surface area contributed by atoms with E-state index in [1.807, 2.05) is 0 Å². The highest BCUT2D eigenvalue weighted by Crippen LogP contribution is 2.37. The number of nitrogens with zero attached hydrogens (tertiary/aromatic N) is 2. The third kappa shape index (κ3) is 3.61. The quantitative estimate of drug-likeness (QED) is 0.642. The number of aromatic nitrogens is 3. The predicted octanol–water partition coefficient (Wildman–Crippen LogP) is 0.733. The molecule has 1 saturated carbocycles. The normalized spacial score (nSPS) is 18.8. The number of aromatic amines is 1. The van der Waals surface area contributed by atoms with Crippen LogP contribution in [0, 0.1) is 5.92 Å². The summed E-state index contributed by atoms with van der Waals surface area (Å²) in [5, 5.41) is 16.5. The van der Waals surface area contributed by atoms with Gasteiger partial charge in [-0.3, -0.25) is 4.57 Å². The molecule has 1 fully saturated rings. The van der Waals surface area contributed by atoms with Crippen molar-refractivity contribution in [3.8, 4) is 0 Å². The zero-order chi connectivity index (χ0) is 14.0. The average molecular weight is 286 g/mol. The zero-order valence-electron chi connectivity index (χ0n) is 11.4. The second-order valence-corrected chi connectivity index (χ2v) is 6.75. The highest BCUT2D eigenvalue weighted by atomic mass is 32.2. The summed E-state index contributed by atoms with van der Waals surface area (Å²) in [6.45, 7) is 4.20. The van der Waals surface area contributed by atoms with Crippen molar-refractivity contribution in [3.63, 3.8) is 0 Å². The zero-order valence-corrected chi connectivity index (χ0v) is 12.2. The molecule has 0 aromatic carbocycles. The van der Waals surface area contributed by atoms with E-state index in [0.717, 1.165) is 19.3 Å². The summed E-state index contributed by atoms with van der Waals surface area (Å²) in [6.07, 6.45) is 2.89. The second-order valence-electron chi connectivity index (χ2n) is 5.54. The largest absolute Gasteiger partial charge is 0.395 e. The SMILES string of the molecule is CC(C)CC(N)C(CO)Sc1n[nH]c(=O)n1C1CC1. The molecule has 108 valence electrons. The van der Waals surface area contributed by atoms with Crippen molar-refractivity contribution in [3.05, 3.63) is 10.5 Å². The standard InChI is InChI=1S/C12H22N4O2S/c1-7(2)5-9(13)10(6-17)19-12-15-14-11(18)16(12)8-3-4-8/h7-10,17H,3-6,13H2,1-2H3,(H,14,18). The van der Waals surface area contributed by atoms with Crippen molar-refractivity contribution in [2.24, 2.45) is 11.7 Å². The summed E-state index contributed by atoms with van der Waals surface area (Å²) < 4.78 is 1.69. The Bertz CT molecular complexity index is 467. The van der Waals surface area contributed by atoms with Crippen LogP contribution in [0.3, 0.4) is 0 Å². The smallest absolute Gasteiger partial charge is 0.344 e. The lowest BCUT2D eigenvalue weighted by atomic mass is 10.0. The van der Waals surface area contributed by atoms with Gasteiger partial charge in [-0.05, 0) is 25.2 Å². The fourth-order valence-corrected chi connectivity index (χ4v) is 3.19. The van der Waals surface area contributed by atoms with Crippen LogP contribution in [0.1, 0.15) is 39.2 Å². The van der Waals surface area contributed by atoms with Gasteiger partial charge in [0.05, 0.1) is 11.9 Å². The number of H-pyrrole nitrogens is 1. The molecule has 2 atom stereocenters. The molecule has 4 N–H and O–H groups in total. The topological polar surface area (TPSA) is 96.9 Å². The lowest BCUT2D eigenvalue weighted by molar-refractivity contribution is 0.274. The van der Waals surface area contributed by atoms with Crippen LogP contribution in [-0.4, -0.2) is 37.8 Å². The molecular formula is C12H22N4O2S. The minimum atomic E-state index is -0.167. The Morgan fingerprint density at radius 1 is 1.58 bits per heavy atom. The van der Waals surface area contributed by atoms with Gasteiger partial charge in [-0.1, -0.05) is 25.6 Å². The summed E-state index contributed by atoms with van der Waals surface area (Å²) in [5.74, 6) is 0.481. The van der Waals surface area contributed by atoms with Gasteiger partial charge >= 0.3 is 5.69 Å². The minimum Gasteiger partial charge on any atom is -0.395 e. The molecule has 0 saturated heterocycles. The fourth-order valence-electron chi connectivity index (χ4n) is 2.12. The van der Waals surface area contributed by atoms with Crippen LogP contribution < -0.4 is 11.4 Å². The molecule has 2 unspecified atom stereocenters. The van der Waals surface area contributed by atoms with E-state index in [0.29, 0.717) is 11.1 Å². The highest BCUT2D eigenvalue weighted by Gasteiger charge is 2.30. The van der Waals surface area contributed by atoms with Crippen LogP contribution >= 0.6 is 11.8 Å². The van der Waals surface area contributed by atoms with E-state index in [2.05, 4.69) is 24.0 Å². The van der Waals surface area contributed by atoms with Crippen LogP contribution in [0.4, 0.5) is 0 Å². The summed E-state index contributed by atoms with van der Waals surface area (Å²) in [6, 6.07) is 0.170. The van der Waals surface area contributed by atoms with Gasteiger partial charge in [-0.2, -0.15) is 0 Å². The molecule has 1 aliphatic carbocycles. The number of nitrogens with one attached hydrogen (secondary N) is 1. The van der Waals surface area contributed by atoms with E-state index in [-0.39, 0.29) is 29.6 Å². The van der Waals surface area contributed by atoms with Gasteiger partial charge in [0, 0.05) is 12.1 Å². The van der Waals surface area contributed by atoms with Crippen LogP contribution in [0.2, 0.25) is 0 Å². The first-order valence-corrected chi connectivity index (χ1v) is 7.61. The molecule has 0 aliphatic heterocycles. The molecular weight excluding hydrogens is 264 g/mol. The molecule has 0 spiro atoms. The third-order valence-electron chi connectivity index (χ3n) is 3.24. The van der Waals surface area contributed by atoms with Crippen molar-refractivity contribution in [2.75, 3.05) is 6.61 Å². The first-order valence-electron chi connectivity index (χ1n) is 6.73. The Morgan fingerprint density at radius 2 is 2.26 bits per heavy atom. The monoisotopic (exact) mass is 286 g/mol. The Kier molecular flexibility index (Phi) is 4.70. The van der Waals surface area contributed by atoms with Crippen LogP contribution in [-0.2, 0) is 0 Å². The van der Waals surface area contributed by atoms with Crippen molar-refractivity contribution >= 4 is 11.8 Å². The number of hydrogen-bond acceptors (Lipinski definition) is 5. The summed E-state index contributed by atoms with van der Waals surface area (Å²) >= 11 is 1.40. The van der Waals surface area contributed by atoms with Gasteiger partial charge < -0.3 is 10.8 Å². The van der Waals surface area contributed by atoms with Crippen LogP contribution in [0.5, 0.6) is 0 Å². The number of aliphatic hydroxyl groups is 1. The molecule has 1 aromatic rings. The first kappa shape index (κ1) is 14.6. The molecule has 0 bridgehead atoms. The molecule has 2 rings (SSSR count). The van der Waals surface area contributed by atoms with Gasteiger partial charge in [-0.25, -0.2) is 9.89 Å². The van der Waals surface area contributed by atoms with Crippen molar-refractivity contribution < 1.29 is 5.11 Å². The summed E-state index contributed by atoms with van der Waals surface area (Å²) in [5.41, 5.74) is 5.95. The maximum absolute atomic E-state index is 11.7. The number of aliphatic hydroxyl groups excluding tert-OH is 1. The number of thioether (sulfide) groups is 1. The van der Waals surface area contributed by atoms with Gasteiger partial charge in [-0.15, -0.1) is 5.10 Å². The molecule has 7 heteroatoms. The van der Waals surface area contributed by atoms with E-state index in [9.17, 15) is 9.90 Å². The third-order valence-corrected chi connectivity index (χ3v) is 4.54. The fraction of sp³-hybridized carbons (Fsp3) is 0.833. The van der Waals surface area contributed by atoms with Crippen molar-refractivity contribution in [1.82, 2.24) is 14.8 Å². The summed E-state index contributed by atoms with van der Waals surface area (Å²) in [7, 11) is 0. The van der Waals surface area contributed by atoms with Gasteiger partial charge in [0.25, 0.3) is 0 Å². The maximum atomic E-state index is 11.7. The van der Waals surface area contributed by atoms with Gasteiger partial charge in [0.2, 0.25) is 0 Å². The van der Waals surface area contributed by atoms with Crippen LogP contribution in [0.15, 0.2) is 9.95 Å². The minimum absolute atomic E-state index is 0.00965. The number of nitrogens with two attached hydrogens (primary N) is 1. The lowest BCUT2D eigenvalue weighted by Gasteiger charge is -2.22. The maximum Gasteiger partial charge on any atom is 0.344 e. The van der Waals surface area contributed by atoms with Gasteiger partial charge in [0.15, 0.2) is 5.16 Å². The molecule has 1 heterocycles. The molecule has 19 heavy (non-hydrogen) atoms. The van der Waals surface area contributed by atoms with Crippen molar-refractivity contribution in [1.29, 1.82) is 0 Å². The lowest BCUT2D eigenvalue weighted by Crippen LogP contribution is -2.36. The Labute approximate surface area is 116 Å². The van der Waals surface area contributed by atoms with Crippen molar-refractivity contribution in [2.45, 2.75) is 55.6 Å². The second kappa shape index (κ2) is 6.11. The number of rotatable bonds is 7. The van der Waals surface area contributed by atoms with Gasteiger partial charge in [0.1, 0.15) is 0 Å². The molecule has 0 amide bonds. The van der Waals surface area contributed by atoms with E-state index in [1.54, 1.807) is 4.57 Å². The Balaban J connectivity index is 2.07. The average Bonchev–Trinajstić information content (AvgIpc) is 3.10. The molecule has 1 aromatic heterocycles. The summed E-state index contributed by atoms with van der Waals surface area (Å²) in [4.78, 5) is 11.7. The predicted molar refractivity (Wildman–Crippen MR) is 75.3 cm³/mol. The molecule has 1 aliphatic rings. The molecule has 6 nitrogen and oxygen atoms in total. The van der Waals surface area contributed by atoms with E-state index < -0.39 is 0 Å². The van der Waals surface area contributed by atoms with E-state index in [4.69, 9.17) is 5.73 Å². The Morgan fingerprint density at radius 3 is 2.79 bits per heavy atom. The Hall–Kier alpha value is -0.790. The first-order chi connectivity index (χ1) is 9.02. The van der Waals surface area contributed by atoms with E-state index in [1.165, 1.54) is 11.8 Å². The number of hydrogen-bond donors (Lipinski definition) is 3. The molecule has 0 radical (unpaired) electrons. The van der Waals surface area contributed by atoms with Crippen LogP contribution in [0.25, 0.3) is 0 Å².